The van der Waals surface area contributed by atoms with Crippen LogP contribution < -0.4 is 5.32 Å². The Morgan fingerprint density at radius 2 is 1.67 bits per heavy atom. The molecule has 0 radical (unpaired) electrons. The molecule has 1 amide bonds. The van der Waals surface area contributed by atoms with Gasteiger partial charge in [0.15, 0.2) is 6.10 Å². The summed E-state index contributed by atoms with van der Waals surface area (Å²) in [7, 11) is 0. The summed E-state index contributed by atoms with van der Waals surface area (Å²) < 4.78 is 0. The molecule has 0 aromatic heterocycles. The maximum atomic E-state index is 12.6. The number of nitrogens with one attached hydrogen (secondary N) is 1. The molecule has 27 heavy (non-hydrogen) atoms. The van der Waals surface area contributed by atoms with E-state index in [1.165, 1.54) is 11.1 Å². The van der Waals surface area contributed by atoms with Crippen molar-refractivity contribution in [3.8, 4) is 0 Å². The Bertz CT molecular complexity index is 779. The second-order valence-corrected chi connectivity index (χ2v) is 8.19. The highest BCUT2D eigenvalue weighted by atomic mass is 16.6. The molecule has 0 aliphatic carbocycles. The first kappa shape index (κ1) is 19.2. The van der Waals surface area contributed by atoms with Gasteiger partial charge in [-0.3, -0.25) is 4.79 Å². The zero-order chi connectivity index (χ0) is 19.3. The summed E-state index contributed by atoms with van der Waals surface area (Å²) in [4.78, 5) is 18.3. The van der Waals surface area contributed by atoms with Crippen LogP contribution in [0.5, 0.6) is 0 Å². The maximum absolute atomic E-state index is 12.6. The first-order valence-corrected chi connectivity index (χ1v) is 9.52. The molecule has 1 N–H and O–H groups in total. The molecule has 1 heterocycles. The van der Waals surface area contributed by atoms with E-state index < -0.39 is 5.41 Å². The highest BCUT2D eigenvalue weighted by Gasteiger charge is 2.33. The maximum Gasteiger partial charge on any atom is 0.225 e. The third-order valence-electron chi connectivity index (χ3n) is 4.75. The Labute approximate surface area is 161 Å². The van der Waals surface area contributed by atoms with Gasteiger partial charge in [0.2, 0.25) is 5.91 Å². The molecule has 1 aliphatic rings. The van der Waals surface area contributed by atoms with Crippen LogP contribution in [0.1, 0.15) is 38.3 Å². The zero-order valence-electron chi connectivity index (χ0n) is 16.3. The van der Waals surface area contributed by atoms with E-state index in [2.05, 4.69) is 34.7 Å². The predicted molar refractivity (Wildman–Crippen MR) is 109 cm³/mol. The number of carbonyl (C=O) groups is 1. The third-order valence-corrected chi connectivity index (χ3v) is 4.75. The molecule has 2 unspecified atom stereocenters. The van der Waals surface area contributed by atoms with Crippen molar-refractivity contribution in [1.82, 2.24) is 5.32 Å². The molecule has 4 nitrogen and oxygen atoms in total. The van der Waals surface area contributed by atoms with Crippen LogP contribution in [-0.4, -0.2) is 23.8 Å². The van der Waals surface area contributed by atoms with Crippen LogP contribution in [0.25, 0.3) is 0 Å². The molecule has 142 valence electrons. The number of nitrogens with zero attached hydrogens (tertiary/aromatic N) is 1. The quantitative estimate of drug-likeness (QED) is 0.837. The van der Waals surface area contributed by atoms with Gasteiger partial charge in [0.05, 0.1) is 11.8 Å². The van der Waals surface area contributed by atoms with Crippen LogP contribution in [0.15, 0.2) is 65.8 Å². The normalized spacial score (nSPS) is 17.7. The van der Waals surface area contributed by atoms with Crippen LogP contribution in [0.3, 0.4) is 0 Å². The molecule has 0 saturated heterocycles. The molecule has 0 saturated carbocycles. The summed E-state index contributed by atoms with van der Waals surface area (Å²) in [5.74, 6) is 0.0311. The second-order valence-electron chi connectivity index (χ2n) is 8.19. The van der Waals surface area contributed by atoms with E-state index in [0.717, 1.165) is 25.0 Å². The van der Waals surface area contributed by atoms with Gasteiger partial charge < -0.3 is 10.2 Å². The minimum atomic E-state index is -0.443. The highest BCUT2D eigenvalue weighted by molar-refractivity contribution is 5.88. The van der Waals surface area contributed by atoms with Crippen molar-refractivity contribution in [2.45, 2.75) is 52.2 Å². The van der Waals surface area contributed by atoms with Gasteiger partial charge in [-0.1, -0.05) is 86.6 Å². The van der Waals surface area contributed by atoms with Crippen molar-refractivity contribution in [3.05, 3.63) is 71.8 Å². The lowest BCUT2D eigenvalue weighted by Gasteiger charge is -2.27. The van der Waals surface area contributed by atoms with Crippen LogP contribution in [-0.2, 0) is 22.5 Å². The number of amides is 1. The number of benzene rings is 2. The largest absolute Gasteiger partial charge is 0.390 e. The first-order valence-electron chi connectivity index (χ1n) is 9.52. The molecule has 3 rings (SSSR count). The number of hydrogen-bond donors (Lipinski definition) is 1. The van der Waals surface area contributed by atoms with E-state index in [9.17, 15) is 4.79 Å². The summed E-state index contributed by atoms with van der Waals surface area (Å²) >= 11 is 0. The van der Waals surface area contributed by atoms with Gasteiger partial charge in [-0.05, 0) is 17.5 Å². The molecule has 0 fully saturated rings. The van der Waals surface area contributed by atoms with Crippen molar-refractivity contribution in [2.75, 3.05) is 0 Å². The topological polar surface area (TPSA) is 50.7 Å². The minimum Gasteiger partial charge on any atom is -0.390 e. The van der Waals surface area contributed by atoms with Crippen molar-refractivity contribution in [1.29, 1.82) is 0 Å². The van der Waals surface area contributed by atoms with Crippen LogP contribution in [0, 0.1) is 5.41 Å². The Balaban J connectivity index is 1.68. The summed E-state index contributed by atoms with van der Waals surface area (Å²) in [5.41, 5.74) is 2.98. The fourth-order valence-electron chi connectivity index (χ4n) is 3.13. The molecule has 0 bridgehead atoms. The Hall–Kier alpha value is -2.62. The van der Waals surface area contributed by atoms with Crippen molar-refractivity contribution in [3.63, 3.8) is 0 Å². The van der Waals surface area contributed by atoms with Crippen molar-refractivity contribution >= 4 is 11.6 Å². The van der Waals surface area contributed by atoms with Gasteiger partial charge in [-0.15, -0.1) is 0 Å². The average molecular weight is 364 g/mol. The SMILES string of the molecule is CC(C)(C)C(=O)NC(Cc1ccccc1)C1CC(Cc2ccccc2)=NO1. The lowest BCUT2D eigenvalue weighted by Crippen LogP contribution is -2.48. The lowest BCUT2D eigenvalue weighted by molar-refractivity contribution is -0.130. The van der Waals surface area contributed by atoms with Gasteiger partial charge in [0.1, 0.15) is 0 Å². The number of oxime groups is 1. The standard InChI is InChI=1S/C23H28N2O2/c1-23(2,3)22(26)24-20(15-18-12-8-5-9-13-18)21-16-19(25-27-21)14-17-10-6-4-7-11-17/h4-13,20-21H,14-16H2,1-3H3,(H,24,26). The second kappa shape index (κ2) is 8.38. The Morgan fingerprint density at radius 3 is 2.26 bits per heavy atom. The van der Waals surface area contributed by atoms with Gasteiger partial charge in [0.25, 0.3) is 0 Å². The third kappa shape index (κ3) is 5.43. The molecular weight excluding hydrogens is 336 g/mol. The fraction of sp³-hybridized carbons (Fsp3) is 0.391. The van der Waals surface area contributed by atoms with Gasteiger partial charge in [-0.25, -0.2) is 0 Å². The predicted octanol–water partition coefficient (Wildman–Crippen LogP) is 4.15. The molecule has 2 atom stereocenters. The summed E-state index contributed by atoms with van der Waals surface area (Å²) in [6.45, 7) is 5.78. The van der Waals surface area contributed by atoms with Crippen molar-refractivity contribution in [2.24, 2.45) is 10.6 Å². The Kier molecular flexibility index (Phi) is 5.94. The monoisotopic (exact) mass is 364 g/mol. The van der Waals surface area contributed by atoms with Gasteiger partial charge in [0, 0.05) is 18.3 Å². The van der Waals surface area contributed by atoms with Crippen LogP contribution >= 0.6 is 0 Å². The summed E-state index contributed by atoms with van der Waals surface area (Å²) in [5, 5.41) is 7.50. The molecule has 2 aromatic carbocycles. The minimum absolute atomic E-state index is 0.0311. The van der Waals surface area contributed by atoms with Gasteiger partial charge >= 0.3 is 0 Å². The molecule has 2 aromatic rings. The smallest absolute Gasteiger partial charge is 0.225 e. The van der Waals surface area contributed by atoms with E-state index in [4.69, 9.17) is 4.84 Å². The lowest BCUT2D eigenvalue weighted by atomic mass is 9.92. The van der Waals surface area contributed by atoms with Crippen molar-refractivity contribution < 1.29 is 9.63 Å². The van der Waals surface area contributed by atoms with E-state index in [0.29, 0.717) is 0 Å². The average Bonchev–Trinajstić information content (AvgIpc) is 3.10. The van der Waals surface area contributed by atoms with E-state index in [1.807, 2.05) is 57.2 Å². The summed E-state index contributed by atoms with van der Waals surface area (Å²) in [6.07, 6.45) is 2.09. The van der Waals surface area contributed by atoms with E-state index in [-0.39, 0.29) is 18.1 Å². The Morgan fingerprint density at radius 1 is 1.07 bits per heavy atom. The molecular formula is C23H28N2O2. The van der Waals surface area contributed by atoms with Crippen LogP contribution in [0.2, 0.25) is 0 Å². The zero-order valence-corrected chi connectivity index (χ0v) is 16.3. The van der Waals surface area contributed by atoms with Gasteiger partial charge in [-0.2, -0.15) is 0 Å². The molecule has 4 heteroatoms. The molecule has 1 aliphatic heterocycles. The highest BCUT2D eigenvalue weighted by Crippen LogP contribution is 2.22. The first-order chi connectivity index (χ1) is 12.9. The number of rotatable bonds is 6. The van der Waals surface area contributed by atoms with Crippen LogP contribution in [0.4, 0.5) is 0 Å². The fourth-order valence-corrected chi connectivity index (χ4v) is 3.13. The number of hydrogen-bond acceptors (Lipinski definition) is 3. The van der Waals surface area contributed by atoms with E-state index >= 15 is 0 Å². The number of carbonyl (C=O) groups excluding carboxylic acids is 1. The molecule has 0 spiro atoms. The summed E-state index contributed by atoms with van der Waals surface area (Å²) in [6, 6.07) is 20.4. The van der Waals surface area contributed by atoms with E-state index in [1.54, 1.807) is 0 Å².